The van der Waals surface area contributed by atoms with Crippen molar-refractivity contribution in [2.45, 2.75) is 38.7 Å². The van der Waals surface area contributed by atoms with Crippen LogP contribution in [0.5, 0.6) is 0 Å². The third kappa shape index (κ3) is 9.48. The summed E-state index contributed by atoms with van der Waals surface area (Å²) in [4.78, 5) is 10.1. The van der Waals surface area contributed by atoms with Gasteiger partial charge in [0, 0.05) is 6.61 Å². The van der Waals surface area contributed by atoms with Crippen LogP contribution in [0.25, 0.3) is 0 Å². The minimum Gasteiger partial charge on any atom is -0.481 e. The van der Waals surface area contributed by atoms with Crippen molar-refractivity contribution in [1.82, 2.24) is 0 Å². The van der Waals surface area contributed by atoms with Crippen molar-refractivity contribution in [3.8, 4) is 0 Å². The first-order valence-electron chi connectivity index (χ1n) is 4.98. The summed E-state index contributed by atoms with van der Waals surface area (Å²) in [7, 11) is 0. The van der Waals surface area contributed by atoms with Crippen molar-refractivity contribution in [2.75, 3.05) is 13.2 Å². The number of aliphatic carboxylic acids is 1. The summed E-state index contributed by atoms with van der Waals surface area (Å²) in [5.74, 6) is -1.00. The quantitative estimate of drug-likeness (QED) is 0.553. The molecule has 0 spiro atoms. The fourth-order valence-electron chi connectivity index (χ4n) is 0.978. The topological polar surface area (TPSA) is 66.8 Å². The lowest BCUT2D eigenvalue weighted by Crippen LogP contribution is -2.17. The Morgan fingerprint density at radius 2 is 2.21 bits per heavy atom. The second kappa shape index (κ2) is 8.97. The third-order valence-electron chi connectivity index (χ3n) is 1.77. The van der Waals surface area contributed by atoms with Crippen molar-refractivity contribution in [3.05, 3.63) is 6.42 Å². The molecular formula is C10H19O4. The van der Waals surface area contributed by atoms with E-state index in [0.29, 0.717) is 6.61 Å². The smallest absolute Gasteiger partial charge is 0.307 e. The molecule has 0 saturated heterocycles. The van der Waals surface area contributed by atoms with E-state index in [1.807, 2.05) is 0 Å². The van der Waals surface area contributed by atoms with E-state index >= 15 is 0 Å². The zero-order valence-electron chi connectivity index (χ0n) is 8.61. The molecule has 0 rings (SSSR count). The molecule has 83 valence electrons. The zero-order valence-corrected chi connectivity index (χ0v) is 8.61. The summed E-state index contributed by atoms with van der Waals surface area (Å²) in [5, 5.41) is 17.5. The molecule has 0 saturated carbocycles. The molecule has 2 N–H and O–H groups in total. The van der Waals surface area contributed by atoms with Gasteiger partial charge in [0.2, 0.25) is 0 Å². The average molecular weight is 203 g/mol. The normalized spacial score (nSPS) is 12.7. The van der Waals surface area contributed by atoms with Gasteiger partial charge in [0.1, 0.15) is 0 Å². The van der Waals surface area contributed by atoms with Crippen molar-refractivity contribution in [2.24, 2.45) is 0 Å². The van der Waals surface area contributed by atoms with Gasteiger partial charge in [-0.15, -0.1) is 0 Å². The molecule has 0 amide bonds. The number of hydrogen-bond donors (Lipinski definition) is 2. The Morgan fingerprint density at radius 3 is 2.79 bits per heavy atom. The maximum atomic E-state index is 10.1. The van der Waals surface area contributed by atoms with E-state index in [4.69, 9.17) is 9.84 Å². The van der Waals surface area contributed by atoms with Crippen LogP contribution in [-0.4, -0.2) is 35.5 Å². The van der Waals surface area contributed by atoms with Crippen LogP contribution in [0.1, 0.15) is 32.6 Å². The lowest BCUT2D eigenvalue weighted by molar-refractivity contribution is -0.133. The average Bonchev–Trinajstić information content (AvgIpc) is 2.14. The first kappa shape index (κ1) is 13.4. The number of carboxylic acids is 1. The van der Waals surface area contributed by atoms with Gasteiger partial charge in [0.25, 0.3) is 0 Å². The predicted octanol–water partition coefficient (Wildman–Crippen LogP) is 1.23. The lowest BCUT2D eigenvalue weighted by atomic mass is 10.2. The molecule has 1 radical (unpaired) electrons. The molecule has 0 heterocycles. The van der Waals surface area contributed by atoms with Crippen LogP contribution in [-0.2, 0) is 9.53 Å². The fraction of sp³-hybridized carbons (Fsp3) is 0.800. The van der Waals surface area contributed by atoms with Gasteiger partial charge in [-0.2, -0.15) is 0 Å². The highest BCUT2D eigenvalue weighted by Gasteiger charge is 2.07. The van der Waals surface area contributed by atoms with Crippen molar-refractivity contribution >= 4 is 5.97 Å². The second-order valence-electron chi connectivity index (χ2n) is 3.21. The Balaban J connectivity index is 3.18. The number of carbonyl (C=O) groups is 1. The maximum Gasteiger partial charge on any atom is 0.307 e. The van der Waals surface area contributed by atoms with Gasteiger partial charge < -0.3 is 14.9 Å². The minimum atomic E-state index is -1.00. The number of unbranched alkanes of at least 4 members (excludes halogenated alkanes) is 2. The molecule has 0 bridgehead atoms. The fourth-order valence-corrected chi connectivity index (χ4v) is 0.978. The van der Waals surface area contributed by atoms with Crippen LogP contribution < -0.4 is 0 Å². The number of aliphatic hydroxyl groups excluding tert-OH is 1. The number of ether oxygens (including phenoxy) is 1. The largest absolute Gasteiger partial charge is 0.481 e. The molecule has 14 heavy (non-hydrogen) atoms. The van der Waals surface area contributed by atoms with Crippen LogP contribution in [0.15, 0.2) is 0 Å². The molecule has 0 aliphatic carbocycles. The first-order valence-corrected chi connectivity index (χ1v) is 4.98. The summed E-state index contributed by atoms with van der Waals surface area (Å²) >= 11 is 0. The van der Waals surface area contributed by atoms with Gasteiger partial charge in [0.05, 0.1) is 19.1 Å². The summed E-state index contributed by atoms with van der Waals surface area (Å²) in [6, 6.07) is 0. The van der Waals surface area contributed by atoms with Crippen molar-refractivity contribution < 1.29 is 19.7 Å². The number of rotatable bonds is 9. The predicted molar refractivity (Wildman–Crippen MR) is 52.9 cm³/mol. The molecule has 0 aromatic rings. The van der Waals surface area contributed by atoms with Crippen LogP contribution in [0.3, 0.4) is 0 Å². The molecule has 1 atom stereocenters. The summed E-state index contributed by atoms with van der Waals surface area (Å²) in [5.41, 5.74) is 0. The van der Waals surface area contributed by atoms with Gasteiger partial charge in [-0.05, 0) is 12.8 Å². The van der Waals surface area contributed by atoms with Gasteiger partial charge in [0.15, 0.2) is 0 Å². The second-order valence-corrected chi connectivity index (χ2v) is 3.21. The summed E-state index contributed by atoms with van der Waals surface area (Å²) in [6.07, 6.45) is 3.73. The third-order valence-corrected chi connectivity index (χ3v) is 1.77. The SMILES string of the molecule is CCCCCOCC(O)C[CH]C(=O)O. The molecule has 0 aliphatic heterocycles. The van der Waals surface area contributed by atoms with Crippen LogP contribution in [0, 0.1) is 6.42 Å². The van der Waals surface area contributed by atoms with Crippen LogP contribution >= 0.6 is 0 Å². The van der Waals surface area contributed by atoms with Gasteiger partial charge >= 0.3 is 5.97 Å². The Kier molecular flexibility index (Phi) is 8.57. The molecule has 0 fully saturated rings. The number of aliphatic hydroxyl groups is 1. The number of carboxylic acid groups (broad SMARTS) is 1. The molecular weight excluding hydrogens is 184 g/mol. The van der Waals surface area contributed by atoms with Gasteiger partial charge in [-0.25, -0.2) is 0 Å². The van der Waals surface area contributed by atoms with Crippen molar-refractivity contribution in [3.63, 3.8) is 0 Å². The Hall–Kier alpha value is -0.610. The molecule has 1 unspecified atom stereocenters. The molecule has 0 aromatic carbocycles. The molecule has 0 aliphatic rings. The Bertz CT molecular complexity index is 147. The van der Waals surface area contributed by atoms with E-state index in [1.54, 1.807) is 0 Å². The summed E-state index contributed by atoms with van der Waals surface area (Å²) in [6.45, 7) is 2.96. The first-order chi connectivity index (χ1) is 6.66. The zero-order chi connectivity index (χ0) is 10.8. The minimum absolute atomic E-state index is 0.142. The highest BCUT2D eigenvalue weighted by atomic mass is 16.5. The Labute approximate surface area is 84.9 Å². The number of hydrogen-bond acceptors (Lipinski definition) is 3. The van der Waals surface area contributed by atoms with Gasteiger partial charge in [-0.3, -0.25) is 4.79 Å². The molecule has 4 nitrogen and oxygen atoms in total. The van der Waals surface area contributed by atoms with E-state index in [-0.39, 0.29) is 13.0 Å². The van der Waals surface area contributed by atoms with Gasteiger partial charge in [-0.1, -0.05) is 19.8 Å². The van der Waals surface area contributed by atoms with E-state index in [2.05, 4.69) is 6.92 Å². The van der Waals surface area contributed by atoms with Crippen LogP contribution in [0.2, 0.25) is 0 Å². The molecule has 0 aromatic heterocycles. The van der Waals surface area contributed by atoms with E-state index in [9.17, 15) is 9.90 Å². The van der Waals surface area contributed by atoms with E-state index < -0.39 is 12.1 Å². The van der Waals surface area contributed by atoms with E-state index in [0.717, 1.165) is 25.7 Å². The standard InChI is InChI=1S/C10H19O4/c1-2-3-4-7-14-8-9(11)5-6-10(12)13/h6,9,11H,2-5,7-8H2,1H3,(H,12,13). The van der Waals surface area contributed by atoms with Crippen molar-refractivity contribution in [1.29, 1.82) is 0 Å². The lowest BCUT2D eigenvalue weighted by Gasteiger charge is -2.09. The maximum absolute atomic E-state index is 10.1. The van der Waals surface area contributed by atoms with Crippen LogP contribution in [0.4, 0.5) is 0 Å². The molecule has 4 heteroatoms. The monoisotopic (exact) mass is 203 g/mol. The Morgan fingerprint density at radius 1 is 1.50 bits per heavy atom. The highest BCUT2D eigenvalue weighted by Crippen LogP contribution is 1.99. The highest BCUT2D eigenvalue weighted by molar-refractivity contribution is 5.76. The summed E-state index contributed by atoms with van der Waals surface area (Å²) < 4.78 is 5.17. The van der Waals surface area contributed by atoms with E-state index in [1.165, 1.54) is 0 Å².